The first kappa shape index (κ1) is 11.8. The van der Waals surface area contributed by atoms with Crippen molar-refractivity contribution in [3.8, 4) is 5.82 Å². The van der Waals surface area contributed by atoms with Crippen LogP contribution in [0.3, 0.4) is 0 Å². The first-order chi connectivity index (χ1) is 9.16. The molecule has 94 valence electrons. The van der Waals surface area contributed by atoms with Crippen LogP contribution in [0.25, 0.3) is 16.7 Å². The summed E-state index contributed by atoms with van der Waals surface area (Å²) in [7, 11) is 0. The minimum absolute atomic E-state index is 0.396. The second kappa shape index (κ2) is 4.44. The third-order valence-electron chi connectivity index (χ3n) is 2.83. The molecule has 3 rings (SSSR count). The van der Waals surface area contributed by atoms with E-state index in [-0.39, 0.29) is 0 Å². The van der Waals surface area contributed by atoms with E-state index < -0.39 is 5.69 Å². The molecule has 2 heterocycles. The summed E-state index contributed by atoms with van der Waals surface area (Å²) < 4.78 is 1.40. The van der Waals surface area contributed by atoms with Crippen molar-refractivity contribution in [3.63, 3.8) is 0 Å². The molecule has 5 nitrogen and oxygen atoms in total. The van der Waals surface area contributed by atoms with Crippen molar-refractivity contribution in [2.24, 2.45) is 0 Å². The minimum Gasteiger partial charge on any atom is -0.245 e. The average Bonchev–Trinajstić information content (AvgIpc) is 2.39. The molecule has 0 aliphatic rings. The fourth-order valence-electron chi connectivity index (χ4n) is 1.99. The third kappa shape index (κ3) is 1.98. The van der Waals surface area contributed by atoms with Crippen LogP contribution in [0.1, 0.15) is 5.69 Å². The van der Waals surface area contributed by atoms with Crippen LogP contribution >= 0.6 is 11.6 Å². The molecule has 19 heavy (non-hydrogen) atoms. The lowest BCUT2D eigenvalue weighted by atomic mass is 10.2. The van der Waals surface area contributed by atoms with Gasteiger partial charge in [-0.05, 0) is 37.3 Å². The summed E-state index contributed by atoms with van der Waals surface area (Å²) in [6.45, 7) is 1.79. The third-order valence-corrected chi connectivity index (χ3v) is 3.07. The van der Waals surface area contributed by atoms with Gasteiger partial charge in [0.2, 0.25) is 0 Å². The topological polar surface area (TPSA) is 60.7 Å². The molecule has 0 atom stereocenters. The maximum absolute atomic E-state index is 12.1. The molecule has 0 bridgehead atoms. The van der Waals surface area contributed by atoms with Crippen molar-refractivity contribution in [2.75, 3.05) is 0 Å². The summed E-state index contributed by atoms with van der Waals surface area (Å²) in [5, 5.41) is 9.14. The Morgan fingerprint density at radius 1 is 1.26 bits per heavy atom. The van der Waals surface area contributed by atoms with Gasteiger partial charge >= 0.3 is 5.69 Å². The molecule has 0 spiro atoms. The molecule has 0 aliphatic carbocycles. The highest BCUT2D eigenvalue weighted by atomic mass is 35.5. The van der Waals surface area contributed by atoms with E-state index in [1.807, 2.05) is 6.07 Å². The number of rotatable bonds is 1. The highest BCUT2D eigenvalue weighted by Gasteiger charge is 2.10. The SMILES string of the molecule is Cc1nc(=O)n(-c2cccnn2)c2cc(Cl)ccc12. The van der Waals surface area contributed by atoms with Crippen LogP contribution in [0.4, 0.5) is 0 Å². The van der Waals surface area contributed by atoms with Gasteiger partial charge in [0.15, 0.2) is 5.82 Å². The lowest BCUT2D eigenvalue weighted by molar-refractivity contribution is 0.867. The second-order valence-corrected chi connectivity index (χ2v) is 4.49. The standard InChI is InChI=1S/C13H9ClN4O/c1-8-10-5-4-9(14)7-11(10)18(13(19)16-8)12-3-2-6-15-17-12/h2-7H,1H3. The summed E-state index contributed by atoms with van der Waals surface area (Å²) in [5.41, 5.74) is 0.940. The Hall–Kier alpha value is -2.27. The Balaban J connectivity index is 2.48. The normalized spacial score (nSPS) is 10.8. The van der Waals surface area contributed by atoms with Crippen molar-refractivity contribution in [3.05, 3.63) is 57.7 Å². The summed E-state index contributed by atoms with van der Waals surface area (Å²) in [6, 6.07) is 8.74. The first-order valence-electron chi connectivity index (χ1n) is 5.64. The van der Waals surface area contributed by atoms with Crippen LogP contribution in [0.15, 0.2) is 41.3 Å². The predicted octanol–water partition coefficient (Wildman–Crippen LogP) is 2.14. The second-order valence-electron chi connectivity index (χ2n) is 4.06. The minimum atomic E-state index is -0.396. The van der Waals surface area contributed by atoms with Gasteiger partial charge in [0.05, 0.1) is 11.2 Å². The molecule has 0 radical (unpaired) electrons. The molecule has 6 heteroatoms. The Labute approximate surface area is 113 Å². The number of halogens is 1. The summed E-state index contributed by atoms with van der Waals surface area (Å²) in [4.78, 5) is 16.1. The van der Waals surface area contributed by atoms with Gasteiger partial charge in [-0.25, -0.2) is 9.36 Å². The Kier molecular flexibility index (Phi) is 2.76. The fourth-order valence-corrected chi connectivity index (χ4v) is 2.15. The first-order valence-corrected chi connectivity index (χ1v) is 6.01. The fraction of sp³-hybridized carbons (Fsp3) is 0.0769. The summed E-state index contributed by atoms with van der Waals surface area (Å²) in [6.07, 6.45) is 1.55. The molecule has 0 amide bonds. The molecule has 2 aromatic heterocycles. The lowest BCUT2D eigenvalue weighted by Crippen LogP contribution is -2.23. The van der Waals surface area contributed by atoms with Gasteiger partial charge in [-0.2, -0.15) is 10.1 Å². The van der Waals surface area contributed by atoms with Crippen molar-refractivity contribution in [2.45, 2.75) is 6.92 Å². The van der Waals surface area contributed by atoms with Crippen molar-refractivity contribution < 1.29 is 0 Å². The molecule has 3 aromatic rings. The smallest absolute Gasteiger partial charge is 0.245 e. The van der Waals surface area contributed by atoms with Crippen LogP contribution in [-0.4, -0.2) is 19.7 Å². The van der Waals surface area contributed by atoms with Crippen LogP contribution in [0, 0.1) is 6.92 Å². The van der Waals surface area contributed by atoms with E-state index in [0.717, 1.165) is 5.39 Å². The number of nitrogens with zero attached hydrogens (tertiary/aromatic N) is 4. The van der Waals surface area contributed by atoms with E-state index in [4.69, 9.17) is 11.6 Å². The Morgan fingerprint density at radius 3 is 2.84 bits per heavy atom. The summed E-state index contributed by atoms with van der Waals surface area (Å²) in [5.74, 6) is 0.423. The Bertz CT molecular complexity index is 814. The number of benzene rings is 1. The van der Waals surface area contributed by atoms with Crippen LogP contribution in [-0.2, 0) is 0 Å². The zero-order valence-corrected chi connectivity index (χ0v) is 10.8. The highest BCUT2D eigenvalue weighted by Crippen LogP contribution is 2.21. The quantitative estimate of drug-likeness (QED) is 0.681. The van der Waals surface area contributed by atoms with Crippen molar-refractivity contribution in [1.29, 1.82) is 0 Å². The molecule has 0 saturated carbocycles. The Morgan fingerprint density at radius 2 is 2.11 bits per heavy atom. The number of aryl methyl sites for hydroxylation is 1. The van der Waals surface area contributed by atoms with E-state index in [1.165, 1.54) is 4.57 Å². The number of hydrogen-bond acceptors (Lipinski definition) is 4. The van der Waals surface area contributed by atoms with Crippen LogP contribution < -0.4 is 5.69 Å². The molecule has 0 saturated heterocycles. The van der Waals surface area contributed by atoms with Crippen molar-refractivity contribution >= 4 is 22.5 Å². The zero-order valence-electron chi connectivity index (χ0n) is 10.0. The van der Waals surface area contributed by atoms with E-state index >= 15 is 0 Å². The van der Waals surface area contributed by atoms with Gasteiger partial charge in [-0.1, -0.05) is 11.6 Å². The van der Waals surface area contributed by atoms with E-state index in [1.54, 1.807) is 37.4 Å². The zero-order chi connectivity index (χ0) is 13.4. The number of aromatic nitrogens is 4. The van der Waals surface area contributed by atoms with E-state index in [9.17, 15) is 4.79 Å². The van der Waals surface area contributed by atoms with Gasteiger partial charge in [-0.3, -0.25) is 0 Å². The van der Waals surface area contributed by atoms with E-state index in [0.29, 0.717) is 22.1 Å². The average molecular weight is 273 g/mol. The van der Waals surface area contributed by atoms with Gasteiger partial charge in [-0.15, -0.1) is 5.10 Å². The van der Waals surface area contributed by atoms with Crippen LogP contribution in [0.2, 0.25) is 5.02 Å². The molecule has 1 aromatic carbocycles. The molecular formula is C13H9ClN4O. The van der Waals surface area contributed by atoms with Crippen molar-refractivity contribution in [1.82, 2.24) is 19.7 Å². The number of hydrogen-bond donors (Lipinski definition) is 0. The molecule has 0 aliphatic heterocycles. The predicted molar refractivity (Wildman–Crippen MR) is 72.7 cm³/mol. The number of fused-ring (bicyclic) bond motifs is 1. The van der Waals surface area contributed by atoms with Gasteiger partial charge in [0.25, 0.3) is 0 Å². The lowest BCUT2D eigenvalue weighted by Gasteiger charge is -2.09. The monoisotopic (exact) mass is 272 g/mol. The maximum Gasteiger partial charge on any atom is 0.354 e. The van der Waals surface area contributed by atoms with Gasteiger partial charge in [0.1, 0.15) is 0 Å². The molecular weight excluding hydrogens is 264 g/mol. The van der Waals surface area contributed by atoms with Gasteiger partial charge in [0, 0.05) is 16.6 Å². The van der Waals surface area contributed by atoms with Crippen LogP contribution in [0.5, 0.6) is 0 Å². The van der Waals surface area contributed by atoms with Gasteiger partial charge < -0.3 is 0 Å². The maximum atomic E-state index is 12.1. The summed E-state index contributed by atoms with van der Waals surface area (Å²) >= 11 is 6.01. The highest BCUT2D eigenvalue weighted by molar-refractivity contribution is 6.31. The molecule has 0 fully saturated rings. The molecule has 0 unspecified atom stereocenters. The molecule has 0 N–H and O–H groups in total. The van der Waals surface area contributed by atoms with E-state index in [2.05, 4.69) is 15.2 Å². The largest absolute Gasteiger partial charge is 0.354 e.